The zero-order valence-corrected chi connectivity index (χ0v) is 10.5. The van der Waals surface area contributed by atoms with Crippen molar-refractivity contribution in [3.05, 3.63) is 0 Å². The maximum absolute atomic E-state index is 11.5. The number of hydrogen-bond donors (Lipinski definition) is 0. The van der Waals surface area contributed by atoms with Crippen molar-refractivity contribution in [2.24, 2.45) is 0 Å². The highest BCUT2D eigenvalue weighted by Crippen LogP contribution is 2.34. The van der Waals surface area contributed by atoms with Crippen LogP contribution in [0.2, 0.25) is 0 Å². The van der Waals surface area contributed by atoms with E-state index in [0.717, 1.165) is 32.5 Å². The van der Waals surface area contributed by atoms with Crippen LogP contribution < -0.4 is 0 Å². The van der Waals surface area contributed by atoms with Gasteiger partial charge >= 0.3 is 5.97 Å². The smallest absolute Gasteiger partial charge is 0.322 e. The van der Waals surface area contributed by atoms with E-state index in [1.165, 1.54) is 0 Å². The Morgan fingerprint density at radius 3 is 2.88 bits per heavy atom. The molecule has 0 N–H and O–H groups in total. The summed E-state index contributed by atoms with van der Waals surface area (Å²) in [4.78, 5) is 16.1. The molecular formula is C12H22N2O2. The zero-order chi connectivity index (χ0) is 11.8. The monoisotopic (exact) mass is 226 g/mol. The van der Waals surface area contributed by atoms with Gasteiger partial charge in [0.2, 0.25) is 0 Å². The second-order valence-electron chi connectivity index (χ2n) is 5.11. The molecule has 0 aromatic carbocycles. The van der Waals surface area contributed by atoms with Gasteiger partial charge in [-0.25, -0.2) is 0 Å². The number of nitrogens with zero attached hydrogens (tertiary/aromatic N) is 2. The largest absolute Gasteiger partial charge is 0.441 e. The van der Waals surface area contributed by atoms with E-state index in [4.69, 9.17) is 4.74 Å². The fourth-order valence-electron chi connectivity index (χ4n) is 2.91. The van der Waals surface area contributed by atoms with Gasteiger partial charge in [0.1, 0.15) is 6.54 Å². The van der Waals surface area contributed by atoms with Crippen LogP contribution in [0.1, 0.15) is 33.6 Å². The fourth-order valence-corrected chi connectivity index (χ4v) is 2.91. The lowest BCUT2D eigenvalue weighted by Gasteiger charge is -2.44. The Kier molecular flexibility index (Phi) is 3.22. The van der Waals surface area contributed by atoms with E-state index in [0.29, 0.717) is 12.6 Å². The molecule has 2 aliphatic rings. The Balaban J connectivity index is 2.17. The number of ether oxygens (including phenoxy) is 1. The Bertz CT molecular complexity index is 280. The van der Waals surface area contributed by atoms with Crippen molar-refractivity contribution < 1.29 is 9.53 Å². The highest BCUT2D eigenvalue weighted by molar-refractivity contribution is 5.74. The number of rotatable bonds is 2. The molecule has 0 amide bonds. The molecule has 1 atom stereocenters. The Labute approximate surface area is 97.5 Å². The summed E-state index contributed by atoms with van der Waals surface area (Å²) in [6.45, 7) is 9.91. The summed E-state index contributed by atoms with van der Waals surface area (Å²) in [5.74, 6) is -0.0633. The minimum absolute atomic E-state index is 0.0633. The third kappa shape index (κ3) is 1.96. The molecule has 2 heterocycles. The summed E-state index contributed by atoms with van der Waals surface area (Å²) < 4.78 is 5.64. The predicted octanol–water partition coefficient (Wildman–Crippen LogP) is 1.07. The van der Waals surface area contributed by atoms with E-state index in [1.807, 2.05) is 0 Å². The van der Waals surface area contributed by atoms with E-state index >= 15 is 0 Å². The Morgan fingerprint density at radius 1 is 1.50 bits per heavy atom. The number of carbonyl (C=O) groups excluding carboxylic acids is 1. The maximum Gasteiger partial charge on any atom is 0.322 e. The lowest BCUT2D eigenvalue weighted by Crippen LogP contribution is -2.58. The first-order valence-corrected chi connectivity index (χ1v) is 6.28. The average molecular weight is 226 g/mol. The van der Waals surface area contributed by atoms with Crippen LogP contribution in [0.3, 0.4) is 0 Å². The summed E-state index contributed by atoms with van der Waals surface area (Å²) in [5.41, 5.74) is -0.334. The van der Waals surface area contributed by atoms with Crippen LogP contribution in [0, 0.1) is 0 Å². The molecule has 0 aromatic heterocycles. The molecule has 2 aliphatic heterocycles. The number of esters is 1. The maximum atomic E-state index is 11.5. The molecule has 0 aliphatic carbocycles. The quantitative estimate of drug-likeness (QED) is 0.659. The lowest BCUT2D eigenvalue weighted by atomic mass is 9.99. The number of likely N-dealkylation sites (tertiary alicyclic amines) is 1. The van der Waals surface area contributed by atoms with Gasteiger partial charge in [0.25, 0.3) is 0 Å². The molecule has 0 bridgehead atoms. The molecule has 92 valence electrons. The summed E-state index contributed by atoms with van der Waals surface area (Å²) in [6.07, 6.45) is 2.09. The highest BCUT2D eigenvalue weighted by atomic mass is 16.6. The van der Waals surface area contributed by atoms with Gasteiger partial charge in [-0.2, -0.15) is 0 Å². The van der Waals surface area contributed by atoms with Crippen molar-refractivity contribution >= 4 is 5.97 Å². The number of likely N-dealkylation sites (N-methyl/N-ethyl adjacent to an activating group) is 1. The van der Waals surface area contributed by atoms with Crippen LogP contribution in [0.25, 0.3) is 0 Å². The Hall–Kier alpha value is -0.610. The lowest BCUT2D eigenvalue weighted by molar-refractivity contribution is -0.165. The molecule has 2 saturated heterocycles. The molecule has 1 unspecified atom stereocenters. The van der Waals surface area contributed by atoms with Crippen LogP contribution >= 0.6 is 0 Å². The van der Waals surface area contributed by atoms with Crippen molar-refractivity contribution in [1.82, 2.24) is 9.80 Å². The van der Waals surface area contributed by atoms with Crippen molar-refractivity contribution in [3.8, 4) is 0 Å². The molecule has 0 radical (unpaired) electrons. The molecule has 4 heteroatoms. The van der Waals surface area contributed by atoms with E-state index in [1.54, 1.807) is 0 Å². The van der Waals surface area contributed by atoms with Gasteiger partial charge in [0.15, 0.2) is 5.72 Å². The van der Waals surface area contributed by atoms with Gasteiger partial charge in [-0.05, 0) is 33.4 Å². The molecule has 4 nitrogen and oxygen atoms in total. The second-order valence-corrected chi connectivity index (χ2v) is 5.11. The number of carbonyl (C=O) groups is 1. The van der Waals surface area contributed by atoms with E-state index in [9.17, 15) is 4.79 Å². The van der Waals surface area contributed by atoms with Crippen LogP contribution in [0.15, 0.2) is 0 Å². The fraction of sp³-hybridized carbons (Fsp3) is 0.917. The van der Waals surface area contributed by atoms with Gasteiger partial charge < -0.3 is 4.74 Å². The second kappa shape index (κ2) is 4.34. The number of hydrogen-bond acceptors (Lipinski definition) is 4. The van der Waals surface area contributed by atoms with Gasteiger partial charge in [0, 0.05) is 12.5 Å². The number of piperidine rings is 1. The standard InChI is InChI=1S/C12H22N2O2/c1-4-13-7-5-6-12(9-13)14(10(2)3)8-11(15)16-12/h10H,4-9H2,1-3H3. The molecule has 2 rings (SSSR count). The van der Waals surface area contributed by atoms with Crippen LogP contribution in [0.4, 0.5) is 0 Å². The SMILES string of the molecule is CCN1CCCC2(C1)OC(=O)CN2C(C)C. The van der Waals surface area contributed by atoms with Gasteiger partial charge in [-0.3, -0.25) is 14.6 Å². The van der Waals surface area contributed by atoms with Crippen molar-refractivity contribution in [2.45, 2.75) is 45.4 Å². The summed E-state index contributed by atoms with van der Waals surface area (Å²) in [6, 6.07) is 0.364. The Morgan fingerprint density at radius 2 is 2.25 bits per heavy atom. The minimum atomic E-state index is -0.334. The third-order valence-corrected chi connectivity index (χ3v) is 3.71. The van der Waals surface area contributed by atoms with E-state index in [-0.39, 0.29) is 11.7 Å². The van der Waals surface area contributed by atoms with Crippen molar-refractivity contribution in [2.75, 3.05) is 26.2 Å². The predicted molar refractivity (Wildman–Crippen MR) is 62.0 cm³/mol. The van der Waals surface area contributed by atoms with Crippen LogP contribution in [0.5, 0.6) is 0 Å². The van der Waals surface area contributed by atoms with Crippen LogP contribution in [-0.4, -0.2) is 53.7 Å². The molecule has 0 saturated carbocycles. The third-order valence-electron chi connectivity index (χ3n) is 3.71. The molecule has 2 fully saturated rings. The van der Waals surface area contributed by atoms with Crippen molar-refractivity contribution in [3.63, 3.8) is 0 Å². The summed E-state index contributed by atoms with van der Waals surface area (Å²) in [5, 5.41) is 0. The van der Waals surface area contributed by atoms with Crippen LogP contribution in [-0.2, 0) is 9.53 Å². The average Bonchev–Trinajstić information content (AvgIpc) is 2.55. The minimum Gasteiger partial charge on any atom is -0.441 e. The first-order valence-electron chi connectivity index (χ1n) is 6.28. The highest BCUT2D eigenvalue weighted by Gasteiger charge is 2.50. The van der Waals surface area contributed by atoms with E-state index in [2.05, 4.69) is 30.6 Å². The first kappa shape index (κ1) is 11.9. The van der Waals surface area contributed by atoms with Crippen molar-refractivity contribution in [1.29, 1.82) is 0 Å². The van der Waals surface area contributed by atoms with Gasteiger partial charge in [-0.15, -0.1) is 0 Å². The van der Waals surface area contributed by atoms with Gasteiger partial charge in [-0.1, -0.05) is 6.92 Å². The summed E-state index contributed by atoms with van der Waals surface area (Å²) >= 11 is 0. The normalized spacial score (nSPS) is 32.6. The molecule has 16 heavy (non-hydrogen) atoms. The molecule has 1 spiro atoms. The summed E-state index contributed by atoms with van der Waals surface area (Å²) in [7, 11) is 0. The molecular weight excluding hydrogens is 204 g/mol. The zero-order valence-electron chi connectivity index (χ0n) is 10.5. The van der Waals surface area contributed by atoms with Gasteiger partial charge in [0.05, 0.1) is 6.54 Å². The van der Waals surface area contributed by atoms with E-state index < -0.39 is 0 Å². The topological polar surface area (TPSA) is 32.8 Å². The first-order chi connectivity index (χ1) is 7.57. The molecule has 0 aromatic rings.